The third-order valence-electron chi connectivity index (χ3n) is 3.05. The molecular formula is C13H14N4O2S2. The highest BCUT2D eigenvalue weighted by atomic mass is 32.2. The Labute approximate surface area is 126 Å². The minimum atomic E-state index is -3.72. The SMILES string of the molecule is Cc1cccc(CNS(=O)(=O)c2c(N)nc3sccn23)c1. The van der Waals surface area contributed by atoms with Gasteiger partial charge in [-0.2, -0.15) is 0 Å². The van der Waals surface area contributed by atoms with Gasteiger partial charge < -0.3 is 5.73 Å². The summed E-state index contributed by atoms with van der Waals surface area (Å²) in [7, 11) is -3.72. The number of nitrogen functional groups attached to an aromatic ring is 1. The van der Waals surface area contributed by atoms with Crippen LogP contribution in [-0.4, -0.2) is 17.8 Å². The van der Waals surface area contributed by atoms with Crippen molar-refractivity contribution in [3.05, 3.63) is 47.0 Å². The quantitative estimate of drug-likeness (QED) is 0.766. The smallest absolute Gasteiger partial charge is 0.260 e. The number of nitrogens with zero attached hydrogens (tertiary/aromatic N) is 2. The van der Waals surface area contributed by atoms with Crippen LogP contribution in [-0.2, 0) is 16.6 Å². The highest BCUT2D eigenvalue weighted by Crippen LogP contribution is 2.23. The molecule has 0 saturated heterocycles. The zero-order valence-corrected chi connectivity index (χ0v) is 12.9. The standard InChI is InChI=1S/C13H14N4O2S2/c1-9-3-2-4-10(7-9)8-15-21(18,19)12-11(14)16-13-17(12)5-6-20-13/h2-7,15H,8,14H2,1H3. The van der Waals surface area contributed by atoms with Crippen LogP contribution >= 0.6 is 11.3 Å². The molecule has 3 N–H and O–H groups in total. The van der Waals surface area contributed by atoms with Gasteiger partial charge in [-0.05, 0) is 12.5 Å². The first-order chi connectivity index (χ1) is 9.97. The minimum Gasteiger partial charge on any atom is -0.381 e. The van der Waals surface area contributed by atoms with Crippen LogP contribution in [0.1, 0.15) is 11.1 Å². The van der Waals surface area contributed by atoms with Gasteiger partial charge >= 0.3 is 0 Å². The van der Waals surface area contributed by atoms with E-state index in [1.807, 2.05) is 31.2 Å². The van der Waals surface area contributed by atoms with Gasteiger partial charge in [0.1, 0.15) is 0 Å². The zero-order chi connectivity index (χ0) is 15.0. The molecule has 0 bridgehead atoms. The van der Waals surface area contributed by atoms with Crippen molar-refractivity contribution in [2.75, 3.05) is 5.73 Å². The summed E-state index contributed by atoms with van der Waals surface area (Å²) in [5.41, 5.74) is 7.70. The Morgan fingerprint density at radius 1 is 1.43 bits per heavy atom. The van der Waals surface area contributed by atoms with Crippen LogP contribution < -0.4 is 10.5 Å². The Kier molecular flexibility index (Phi) is 3.44. The first-order valence-electron chi connectivity index (χ1n) is 6.23. The van der Waals surface area contributed by atoms with Gasteiger partial charge in [-0.15, -0.1) is 11.3 Å². The Morgan fingerprint density at radius 3 is 3.00 bits per heavy atom. The molecule has 0 aliphatic heterocycles. The molecule has 0 aliphatic carbocycles. The first-order valence-corrected chi connectivity index (χ1v) is 8.60. The number of hydrogen-bond acceptors (Lipinski definition) is 5. The van der Waals surface area contributed by atoms with Crippen molar-refractivity contribution < 1.29 is 8.42 Å². The lowest BCUT2D eigenvalue weighted by atomic mass is 10.1. The van der Waals surface area contributed by atoms with Gasteiger partial charge in [0.2, 0.25) is 0 Å². The van der Waals surface area contributed by atoms with Crippen LogP contribution in [0.3, 0.4) is 0 Å². The van der Waals surface area contributed by atoms with E-state index in [0.29, 0.717) is 4.96 Å². The van der Waals surface area contributed by atoms with Crippen LogP contribution in [0.4, 0.5) is 5.82 Å². The summed E-state index contributed by atoms with van der Waals surface area (Å²) in [4.78, 5) is 4.61. The van der Waals surface area contributed by atoms with Crippen LogP contribution in [0.5, 0.6) is 0 Å². The third-order valence-corrected chi connectivity index (χ3v) is 5.24. The number of thiazole rings is 1. The maximum absolute atomic E-state index is 12.4. The maximum atomic E-state index is 12.4. The lowest BCUT2D eigenvalue weighted by molar-refractivity contribution is 0.577. The Bertz CT molecular complexity index is 896. The topological polar surface area (TPSA) is 89.5 Å². The fourth-order valence-corrected chi connectivity index (χ4v) is 4.12. The van der Waals surface area contributed by atoms with Gasteiger partial charge in [0, 0.05) is 18.1 Å². The van der Waals surface area contributed by atoms with Crippen LogP contribution in [0.15, 0.2) is 40.9 Å². The van der Waals surface area contributed by atoms with E-state index in [4.69, 9.17) is 5.73 Å². The Morgan fingerprint density at radius 2 is 2.24 bits per heavy atom. The molecular weight excluding hydrogens is 308 g/mol. The number of nitrogens with two attached hydrogens (primary N) is 1. The average Bonchev–Trinajstić information content (AvgIpc) is 2.96. The highest BCUT2D eigenvalue weighted by molar-refractivity contribution is 7.89. The predicted molar refractivity (Wildman–Crippen MR) is 82.7 cm³/mol. The van der Waals surface area contributed by atoms with E-state index in [0.717, 1.165) is 11.1 Å². The second kappa shape index (κ2) is 5.14. The number of anilines is 1. The van der Waals surface area contributed by atoms with Crippen LogP contribution in [0.25, 0.3) is 4.96 Å². The largest absolute Gasteiger partial charge is 0.381 e. The number of sulfonamides is 1. The fraction of sp³-hybridized carbons (Fsp3) is 0.154. The predicted octanol–water partition coefficient (Wildman–Crippen LogP) is 1.76. The highest BCUT2D eigenvalue weighted by Gasteiger charge is 2.24. The number of fused-ring (bicyclic) bond motifs is 1. The molecule has 3 rings (SSSR count). The summed E-state index contributed by atoms with van der Waals surface area (Å²) in [5.74, 6) is 0.0126. The van der Waals surface area contributed by atoms with E-state index in [1.54, 1.807) is 11.6 Å². The summed E-state index contributed by atoms with van der Waals surface area (Å²) >= 11 is 1.33. The van der Waals surface area contributed by atoms with E-state index in [1.165, 1.54) is 15.7 Å². The van der Waals surface area contributed by atoms with Gasteiger partial charge in [0.25, 0.3) is 10.0 Å². The minimum absolute atomic E-state index is 0.00796. The second-order valence-electron chi connectivity index (χ2n) is 4.67. The lowest BCUT2D eigenvalue weighted by Crippen LogP contribution is -2.25. The number of rotatable bonds is 4. The maximum Gasteiger partial charge on any atom is 0.260 e. The summed E-state index contributed by atoms with van der Waals surface area (Å²) in [6.45, 7) is 2.17. The normalized spacial score (nSPS) is 12.0. The number of aryl methyl sites for hydroxylation is 1. The molecule has 0 fully saturated rings. The lowest BCUT2D eigenvalue weighted by Gasteiger charge is -2.07. The molecule has 8 heteroatoms. The van der Waals surface area contributed by atoms with Crippen molar-refractivity contribution in [2.24, 2.45) is 0 Å². The van der Waals surface area contributed by atoms with Gasteiger partial charge in [-0.1, -0.05) is 29.8 Å². The van der Waals surface area contributed by atoms with Crippen molar-refractivity contribution in [3.8, 4) is 0 Å². The van der Waals surface area contributed by atoms with Gasteiger partial charge in [0.05, 0.1) is 0 Å². The molecule has 2 aromatic heterocycles. The summed E-state index contributed by atoms with van der Waals surface area (Å²) < 4.78 is 28.9. The number of nitrogens with one attached hydrogen (secondary N) is 1. The molecule has 0 amide bonds. The molecule has 6 nitrogen and oxygen atoms in total. The van der Waals surface area contributed by atoms with Crippen LogP contribution in [0.2, 0.25) is 0 Å². The van der Waals surface area contributed by atoms with E-state index in [2.05, 4.69) is 9.71 Å². The number of imidazole rings is 1. The molecule has 110 valence electrons. The molecule has 0 saturated carbocycles. The fourth-order valence-electron chi connectivity index (χ4n) is 2.12. The number of aromatic nitrogens is 2. The van der Waals surface area contributed by atoms with Crippen molar-refractivity contribution in [1.29, 1.82) is 0 Å². The van der Waals surface area contributed by atoms with E-state index >= 15 is 0 Å². The Balaban J connectivity index is 1.90. The summed E-state index contributed by atoms with van der Waals surface area (Å²) in [6, 6.07) is 7.66. The molecule has 0 unspecified atom stereocenters. The summed E-state index contributed by atoms with van der Waals surface area (Å²) in [5, 5.41) is 1.76. The molecule has 1 aromatic carbocycles. The van der Waals surface area contributed by atoms with E-state index < -0.39 is 10.0 Å². The van der Waals surface area contributed by atoms with Gasteiger partial charge in [-0.3, -0.25) is 4.40 Å². The van der Waals surface area contributed by atoms with E-state index in [-0.39, 0.29) is 17.4 Å². The van der Waals surface area contributed by atoms with Crippen molar-refractivity contribution in [2.45, 2.75) is 18.5 Å². The number of hydrogen-bond donors (Lipinski definition) is 2. The summed E-state index contributed by atoms with van der Waals surface area (Å²) in [6.07, 6.45) is 1.64. The molecule has 2 heterocycles. The number of benzene rings is 1. The molecule has 0 aliphatic rings. The van der Waals surface area contributed by atoms with Crippen molar-refractivity contribution >= 4 is 32.1 Å². The molecule has 3 aromatic rings. The average molecular weight is 322 g/mol. The second-order valence-corrected chi connectivity index (χ2v) is 7.23. The monoisotopic (exact) mass is 322 g/mol. The first kappa shape index (κ1) is 14.1. The molecule has 0 spiro atoms. The Hall–Kier alpha value is -1.90. The molecule has 0 radical (unpaired) electrons. The zero-order valence-electron chi connectivity index (χ0n) is 11.3. The molecule has 0 atom stereocenters. The third kappa shape index (κ3) is 2.65. The van der Waals surface area contributed by atoms with Crippen LogP contribution in [0, 0.1) is 6.92 Å². The van der Waals surface area contributed by atoms with Gasteiger partial charge in [-0.25, -0.2) is 18.1 Å². The van der Waals surface area contributed by atoms with Crippen molar-refractivity contribution in [1.82, 2.24) is 14.1 Å². The van der Waals surface area contributed by atoms with Gasteiger partial charge in [0.15, 0.2) is 15.8 Å². The van der Waals surface area contributed by atoms with E-state index in [9.17, 15) is 8.42 Å². The van der Waals surface area contributed by atoms with Crippen molar-refractivity contribution in [3.63, 3.8) is 0 Å². The molecule has 21 heavy (non-hydrogen) atoms.